The molecule has 3 N–H and O–H groups in total. The number of guanidine groups is 1. The first-order chi connectivity index (χ1) is 7.83. The zero-order chi connectivity index (χ0) is 11.6. The molecule has 0 aliphatic heterocycles. The molecule has 0 unspecified atom stereocenters. The molecular formula is C12H25N3O. The maximum absolute atomic E-state index is 5.72. The van der Waals surface area contributed by atoms with E-state index < -0.39 is 0 Å². The maximum Gasteiger partial charge on any atom is 0.188 e. The minimum absolute atomic E-state index is 0.576. The smallest absolute Gasteiger partial charge is 0.188 e. The summed E-state index contributed by atoms with van der Waals surface area (Å²) in [6.07, 6.45) is 6.35. The van der Waals surface area contributed by atoms with Crippen LogP contribution in [0, 0.1) is 5.92 Å². The monoisotopic (exact) mass is 227 g/mol. The van der Waals surface area contributed by atoms with Gasteiger partial charge in [0.1, 0.15) is 0 Å². The number of hydrogen-bond donors (Lipinski definition) is 2. The fraction of sp³-hybridized carbons (Fsp3) is 0.917. The lowest BCUT2D eigenvalue weighted by Crippen LogP contribution is -2.32. The van der Waals surface area contributed by atoms with Gasteiger partial charge >= 0.3 is 0 Å². The minimum atomic E-state index is 0.576. The van der Waals surface area contributed by atoms with E-state index in [1.807, 2.05) is 6.92 Å². The van der Waals surface area contributed by atoms with Crippen LogP contribution in [-0.4, -0.2) is 32.3 Å². The minimum Gasteiger partial charge on any atom is -0.382 e. The normalized spacial score (nSPS) is 16.4. The molecule has 0 amide bonds. The molecule has 1 fully saturated rings. The summed E-state index contributed by atoms with van der Waals surface area (Å²) in [5.41, 5.74) is 5.72. The molecule has 4 heteroatoms. The number of rotatable bonds is 9. The van der Waals surface area contributed by atoms with Crippen molar-refractivity contribution < 1.29 is 4.74 Å². The Morgan fingerprint density at radius 1 is 1.44 bits per heavy atom. The summed E-state index contributed by atoms with van der Waals surface area (Å²) in [6.45, 7) is 5.26. The third kappa shape index (κ3) is 7.51. The summed E-state index contributed by atoms with van der Waals surface area (Å²) in [4.78, 5) is 4.23. The molecule has 0 saturated heterocycles. The van der Waals surface area contributed by atoms with Crippen LogP contribution in [0.25, 0.3) is 0 Å². The largest absolute Gasteiger partial charge is 0.382 e. The van der Waals surface area contributed by atoms with E-state index in [1.165, 1.54) is 25.7 Å². The van der Waals surface area contributed by atoms with Crippen molar-refractivity contribution in [2.75, 3.05) is 26.3 Å². The van der Waals surface area contributed by atoms with Crippen LogP contribution in [0.5, 0.6) is 0 Å². The van der Waals surface area contributed by atoms with E-state index >= 15 is 0 Å². The molecule has 16 heavy (non-hydrogen) atoms. The van der Waals surface area contributed by atoms with Gasteiger partial charge in [0.05, 0.1) is 0 Å². The van der Waals surface area contributed by atoms with E-state index in [0.29, 0.717) is 5.96 Å². The molecule has 1 aliphatic carbocycles. The van der Waals surface area contributed by atoms with Gasteiger partial charge in [0.2, 0.25) is 0 Å². The van der Waals surface area contributed by atoms with Crippen LogP contribution in [-0.2, 0) is 4.74 Å². The van der Waals surface area contributed by atoms with Gasteiger partial charge in [0.15, 0.2) is 5.96 Å². The number of aliphatic imine (C=N–C) groups is 1. The summed E-state index contributed by atoms with van der Waals surface area (Å²) < 4.78 is 5.22. The summed E-state index contributed by atoms with van der Waals surface area (Å²) in [6, 6.07) is 0. The van der Waals surface area contributed by atoms with E-state index in [-0.39, 0.29) is 0 Å². The molecule has 1 aliphatic rings. The molecule has 0 atom stereocenters. The van der Waals surface area contributed by atoms with Gasteiger partial charge in [-0.1, -0.05) is 12.8 Å². The number of nitrogens with zero attached hydrogens (tertiary/aromatic N) is 1. The van der Waals surface area contributed by atoms with E-state index in [4.69, 9.17) is 10.5 Å². The Morgan fingerprint density at radius 2 is 2.25 bits per heavy atom. The molecule has 0 radical (unpaired) electrons. The van der Waals surface area contributed by atoms with Crippen LogP contribution in [0.1, 0.15) is 39.0 Å². The predicted octanol–water partition coefficient (Wildman–Crippen LogP) is 1.51. The van der Waals surface area contributed by atoms with Crippen LogP contribution in [0.4, 0.5) is 0 Å². The Morgan fingerprint density at radius 3 is 2.94 bits per heavy atom. The summed E-state index contributed by atoms with van der Waals surface area (Å²) in [5.74, 6) is 1.58. The third-order valence-electron chi connectivity index (χ3n) is 2.73. The third-order valence-corrected chi connectivity index (χ3v) is 2.73. The van der Waals surface area contributed by atoms with Crippen molar-refractivity contribution in [2.24, 2.45) is 16.6 Å². The highest BCUT2D eigenvalue weighted by Crippen LogP contribution is 2.33. The summed E-state index contributed by atoms with van der Waals surface area (Å²) in [7, 11) is 0. The van der Waals surface area contributed by atoms with Crippen LogP contribution >= 0.6 is 0 Å². The zero-order valence-electron chi connectivity index (χ0n) is 10.4. The molecule has 94 valence electrons. The number of nitrogens with one attached hydrogen (secondary N) is 1. The lowest BCUT2D eigenvalue weighted by atomic mass is 10.2. The van der Waals surface area contributed by atoms with Gasteiger partial charge in [-0.15, -0.1) is 0 Å². The molecule has 0 aromatic rings. The lowest BCUT2D eigenvalue weighted by Gasteiger charge is -2.05. The predicted molar refractivity (Wildman–Crippen MR) is 67.6 cm³/mol. The maximum atomic E-state index is 5.72. The number of ether oxygens (including phenoxy) is 1. The van der Waals surface area contributed by atoms with Gasteiger partial charge in [0, 0.05) is 26.3 Å². The second kappa shape index (κ2) is 8.39. The van der Waals surface area contributed by atoms with Crippen molar-refractivity contribution in [1.29, 1.82) is 0 Å². The number of hydrogen-bond acceptors (Lipinski definition) is 2. The highest BCUT2D eigenvalue weighted by Gasteiger charge is 2.19. The van der Waals surface area contributed by atoms with Crippen LogP contribution in [0.3, 0.4) is 0 Å². The quantitative estimate of drug-likeness (QED) is 0.356. The Hall–Kier alpha value is -0.770. The first kappa shape index (κ1) is 13.3. The Balaban J connectivity index is 1.86. The molecule has 1 rings (SSSR count). The van der Waals surface area contributed by atoms with Gasteiger partial charge in [-0.2, -0.15) is 0 Å². The van der Waals surface area contributed by atoms with Crippen LogP contribution in [0.15, 0.2) is 4.99 Å². The van der Waals surface area contributed by atoms with Crippen molar-refractivity contribution in [3.8, 4) is 0 Å². The van der Waals surface area contributed by atoms with Crippen molar-refractivity contribution >= 4 is 5.96 Å². The first-order valence-corrected chi connectivity index (χ1v) is 6.44. The van der Waals surface area contributed by atoms with Crippen molar-refractivity contribution in [3.63, 3.8) is 0 Å². The van der Waals surface area contributed by atoms with Gasteiger partial charge in [0.25, 0.3) is 0 Å². The van der Waals surface area contributed by atoms with Crippen molar-refractivity contribution in [1.82, 2.24) is 5.32 Å². The molecular weight excluding hydrogens is 202 g/mol. The summed E-state index contributed by atoms with van der Waals surface area (Å²) in [5, 5.41) is 3.14. The molecule has 1 saturated carbocycles. The molecule has 0 heterocycles. The lowest BCUT2D eigenvalue weighted by molar-refractivity contribution is 0.146. The molecule has 4 nitrogen and oxygen atoms in total. The Bertz CT molecular complexity index is 202. The van der Waals surface area contributed by atoms with Crippen LogP contribution in [0.2, 0.25) is 0 Å². The molecule has 0 bridgehead atoms. The van der Waals surface area contributed by atoms with E-state index in [1.54, 1.807) is 0 Å². The SMILES string of the molecule is CCOCCCN=C(N)NCCCC1CC1. The molecule has 0 aromatic carbocycles. The average molecular weight is 227 g/mol. The van der Waals surface area contributed by atoms with Gasteiger partial charge < -0.3 is 15.8 Å². The highest BCUT2D eigenvalue weighted by molar-refractivity contribution is 5.77. The summed E-state index contributed by atoms with van der Waals surface area (Å²) >= 11 is 0. The Kier molecular flexibility index (Phi) is 6.97. The standard InChI is InChI=1S/C12H25N3O/c1-2-16-10-4-9-15-12(13)14-8-3-5-11-6-7-11/h11H,2-10H2,1H3,(H3,13,14,15). The fourth-order valence-corrected chi connectivity index (χ4v) is 1.58. The average Bonchev–Trinajstić information content (AvgIpc) is 3.08. The molecule has 0 aromatic heterocycles. The Labute approximate surface area is 98.6 Å². The van der Waals surface area contributed by atoms with Crippen molar-refractivity contribution in [3.05, 3.63) is 0 Å². The second-order valence-electron chi connectivity index (χ2n) is 4.33. The highest BCUT2D eigenvalue weighted by atomic mass is 16.5. The van der Waals surface area contributed by atoms with Gasteiger partial charge in [-0.25, -0.2) is 0 Å². The van der Waals surface area contributed by atoms with Gasteiger partial charge in [-0.05, 0) is 32.1 Å². The second-order valence-corrected chi connectivity index (χ2v) is 4.33. The molecule has 0 spiro atoms. The zero-order valence-corrected chi connectivity index (χ0v) is 10.4. The number of nitrogens with two attached hydrogens (primary N) is 1. The fourth-order valence-electron chi connectivity index (χ4n) is 1.58. The van der Waals surface area contributed by atoms with Crippen LogP contribution < -0.4 is 11.1 Å². The van der Waals surface area contributed by atoms with Gasteiger partial charge in [-0.3, -0.25) is 4.99 Å². The van der Waals surface area contributed by atoms with E-state index in [0.717, 1.165) is 38.6 Å². The topological polar surface area (TPSA) is 59.6 Å². The van der Waals surface area contributed by atoms with E-state index in [9.17, 15) is 0 Å². The first-order valence-electron chi connectivity index (χ1n) is 6.44. The van der Waals surface area contributed by atoms with Crippen molar-refractivity contribution in [2.45, 2.75) is 39.0 Å². The van der Waals surface area contributed by atoms with E-state index in [2.05, 4.69) is 10.3 Å².